The zero-order valence-corrected chi connectivity index (χ0v) is 10.7. The van der Waals surface area contributed by atoms with Crippen molar-refractivity contribution in [2.24, 2.45) is 0 Å². The van der Waals surface area contributed by atoms with Crippen molar-refractivity contribution in [1.82, 2.24) is 5.32 Å². The van der Waals surface area contributed by atoms with Crippen molar-refractivity contribution in [3.05, 3.63) is 35.4 Å². The molecule has 0 spiro atoms. The molecule has 7 heteroatoms. The number of aliphatic carboxylic acids is 2. The van der Waals surface area contributed by atoms with Crippen LogP contribution in [0.3, 0.4) is 0 Å². The lowest BCUT2D eigenvalue weighted by atomic mass is 10.0. The fourth-order valence-electron chi connectivity index (χ4n) is 1.69. The van der Waals surface area contributed by atoms with Gasteiger partial charge in [0.15, 0.2) is 12.2 Å². The maximum Gasteiger partial charge on any atom is 0.335 e. The summed E-state index contributed by atoms with van der Waals surface area (Å²) < 4.78 is 0. The Bertz CT molecular complexity index is 433. The van der Waals surface area contributed by atoms with Gasteiger partial charge in [-0.3, -0.25) is 0 Å². The van der Waals surface area contributed by atoms with Crippen molar-refractivity contribution in [1.29, 1.82) is 0 Å². The summed E-state index contributed by atoms with van der Waals surface area (Å²) in [6.07, 6.45) is -3.34. The highest BCUT2D eigenvalue weighted by atomic mass is 16.4. The molecule has 5 N–H and O–H groups in total. The van der Waals surface area contributed by atoms with Crippen molar-refractivity contribution in [3.63, 3.8) is 0 Å². The first-order valence-corrected chi connectivity index (χ1v) is 6.02. The van der Waals surface area contributed by atoms with Crippen LogP contribution in [-0.2, 0) is 22.6 Å². The van der Waals surface area contributed by atoms with Gasteiger partial charge in [-0.25, -0.2) is 9.59 Å². The second-order valence-corrected chi connectivity index (χ2v) is 4.26. The maximum absolute atomic E-state index is 9.77. The molecule has 0 amide bonds. The molecular weight excluding hydrogens is 266 g/mol. The lowest BCUT2D eigenvalue weighted by Gasteiger charge is -2.15. The fourth-order valence-corrected chi connectivity index (χ4v) is 1.69. The molecule has 0 bridgehead atoms. The molecule has 1 aromatic carbocycles. The van der Waals surface area contributed by atoms with E-state index in [1.54, 1.807) is 0 Å². The molecule has 1 aliphatic heterocycles. The lowest BCUT2D eigenvalue weighted by Crippen LogP contribution is -2.39. The third-order valence-corrected chi connectivity index (χ3v) is 2.81. The predicted octanol–water partition coefficient (Wildman–Crippen LogP) is -0.790. The lowest BCUT2D eigenvalue weighted by molar-refractivity contribution is -0.165. The molecule has 0 saturated carbocycles. The molecular formula is C13H17NO6. The highest BCUT2D eigenvalue weighted by Crippen LogP contribution is 2.11. The quantitative estimate of drug-likeness (QED) is 0.492. The Balaban J connectivity index is 0.000000200. The molecule has 0 radical (unpaired) electrons. The summed E-state index contributed by atoms with van der Waals surface area (Å²) in [7, 11) is 0. The summed E-state index contributed by atoms with van der Waals surface area (Å²) in [5.74, 6) is -3.54. The number of carbonyl (C=O) groups is 2. The number of carboxylic acid groups (broad SMARTS) is 2. The molecule has 110 valence electrons. The number of carboxylic acids is 2. The van der Waals surface area contributed by atoms with E-state index in [0.29, 0.717) is 0 Å². The second kappa shape index (κ2) is 7.59. The Kier molecular flexibility index (Phi) is 6.10. The van der Waals surface area contributed by atoms with E-state index < -0.39 is 24.1 Å². The number of aliphatic hydroxyl groups is 2. The monoisotopic (exact) mass is 283 g/mol. The Morgan fingerprint density at radius 1 is 1.00 bits per heavy atom. The van der Waals surface area contributed by atoms with E-state index in [-0.39, 0.29) is 0 Å². The smallest absolute Gasteiger partial charge is 0.335 e. The standard InChI is InChI=1S/C9H11N.C4H6O6/c1-2-4-9-7-10-6-5-8(9)3-1;5-1(3(7)8)2(6)4(9)10/h1-4,10H,5-7H2;1-2,5-6H,(H,7,8)(H,9,10)/t;1-,2-/m.1/s1. The molecule has 0 unspecified atom stereocenters. The summed E-state index contributed by atoms with van der Waals surface area (Å²) >= 11 is 0. The molecule has 1 aliphatic rings. The van der Waals surface area contributed by atoms with Crippen molar-refractivity contribution in [2.45, 2.75) is 25.2 Å². The molecule has 2 atom stereocenters. The summed E-state index contributed by atoms with van der Waals surface area (Å²) in [6, 6.07) is 8.63. The minimum Gasteiger partial charge on any atom is -0.479 e. The molecule has 20 heavy (non-hydrogen) atoms. The van der Waals surface area contributed by atoms with Gasteiger partial charge in [-0.15, -0.1) is 0 Å². The fraction of sp³-hybridized carbons (Fsp3) is 0.385. The second-order valence-electron chi connectivity index (χ2n) is 4.26. The molecule has 1 aromatic rings. The van der Waals surface area contributed by atoms with Crippen LogP contribution in [0.4, 0.5) is 0 Å². The molecule has 0 fully saturated rings. The third kappa shape index (κ3) is 4.61. The van der Waals surface area contributed by atoms with Crippen LogP contribution < -0.4 is 5.32 Å². The maximum atomic E-state index is 9.77. The number of hydrogen-bond acceptors (Lipinski definition) is 5. The SMILES string of the molecule is O=C(O)[C@H](O)[C@@H](O)C(=O)O.c1ccc2c(c1)CCNC2. The molecule has 0 aromatic heterocycles. The number of aliphatic hydroxyl groups excluding tert-OH is 2. The Hall–Kier alpha value is -1.96. The number of hydrogen-bond donors (Lipinski definition) is 5. The minimum absolute atomic E-state index is 1.05. The van der Waals surface area contributed by atoms with Crippen LogP contribution in [0.25, 0.3) is 0 Å². The van der Waals surface area contributed by atoms with Gasteiger partial charge in [0.25, 0.3) is 0 Å². The van der Waals surface area contributed by atoms with Gasteiger partial charge in [0.1, 0.15) is 0 Å². The third-order valence-electron chi connectivity index (χ3n) is 2.81. The number of nitrogens with one attached hydrogen (secondary N) is 1. The highest BCUT2D eigenvalue weighted by Gasteiger charge is 2.29. The van der Waals surface area contributed by atoms with Crippen LogP contribution in [0.5, 0.6) is 0 Å². The van der Waals surface area contributed by atoms with E-state index in [4.69, 9.17) is 20.4 Å². The largest absolute Gasteiger partial charge is 0.479 e. The molecule has 0 aliphatic carbocycles. The van der Waals surface area contributed by atoms with Crippen molar-refractivity contribution < 1.29 is 30.0 Å². The van der Waals surface area contributed by atoms with Crippen molar-refractivity contribution >= 4 is 11.9 Å². The first-order chi connectivity index (χ1) is 9.43. The number of benzene rings is 1. The van der Waals surface area contributed by atoms with Gasteiger partial charge in [0, 0.05) is 6.54 Å². The van der Waals surface area contributed by atoms with Gasteiger partial charge in [-0.1, -0.05) is 24.3 Å². The average Bonchev–Trinajstić information content (AvgIpc) is 2.46. The number of rotatable bonds is 3. The normalized spacial score (nSPS) is 16.1. The summed E-state index contributed by atoms with van der Waals surface area (Å²) in [4.78, 5) is 19.5. The van der Waals surface area contributed by atoms with Gasteiger partial charge in [0.05, 0.1) is 0 Å². The molecule has 2 rings (SSSR count). The van der Waals surface area contributed by atoms with Gasteiger partial charge in [-0.2, -0.15) is 0 Å². The minimum atomic E-state index is -2.27. The van der Waals surface area contributed by atoms with E-state index in [0.717, 1.165) is 13.1 Å². The van der Waals surface area contributed by atoms with Crippen molar-refractivity contribution in [3.8, 4) is 0 Å². The zero-order chi connectivity index (χ0) is 15.1. The highest BCUT2D eigenvalue weighted by molar-refractivity contribution is 5.83. The van der Waals surface area contributed by atoms with E-state index in [9.17, 15) is 9.59 Å². The van der Waals surface area contributed by atoms with Gasteiger partial charge >= 0.3 is 11.9 Å². The van der Waals surface area contributed by atoms with E-state index in [2.05, 4.69) is 29.6 Å². The molecule has 7 nitrogen and oxygen atoms in total. The average molecular weight is 283 g/mol. The van der Waals surface area contributed by atoms with Crippen LogP contribution in [0, 0.1) is 0 Å². The Morgan fingerprint density at radius 3 is 1.95 bits per heavy atom. The van der Waals surface area contributed by atoms with Crippen LogP contribution in [0.15, 0.2) is 24.3 Å². The van der Waals surface area contributed by atoms with E-state index >= 15 is 0 Å². The van der Waals surface area contributed by atoms with Crippen LogP contribution in [0.1, 0.15) is 11.1 Å². The molecule has 1 heterocycles. The summed E-state index contributed by atoms with van der Waals surface area (Å²) in [5, 5.41) is 35.9. The first kappa shape index (κ1) is 16.1. The van der Waals surface area contributed by atoms with Crippen LogP contribution in [-0.4, -0.2) is 51.1 Å². The molecule has 0 saturated heterocycles. The van der Waals surface area contributed by atoms with Crippen LogP contribution >= 0.6 is 0 Å². The van der Waals surface area contributed by atoms with Gasteiger partial charge in [-0.05, 0) is 24.1 Å². The van der Waals surface area contributed by atoms with Crippen LogP contribution in [0.2, 0.25) is 0 Å². The summed E-state index contributed by atoms with van der Waals surface area (Å²) in [5.41, 5.74) is 2.98. The van der Waals surface area contributed by atoms with Gasteiger partial charge < -0.3 is 25.7 Å². The Morgan fingerprint density at radius 2 is 1.50 bits per heavy atom. The zero-order valence-electron chi connectivity index (χ0n) is 10.7. The topological polar surface area (TPSA) is 127 Å². The van der Waals surface area contributed by atoms with Gasteiger partial charge in [0.2, 0.25) is 0 Å². The van der Waals surface area contributed by atoms with E-state index in [1.807, 2.05) is 0 Å². The Labute approximate surface area is 115 Å². The predicted molar refractivity (Wildman–Crippen MR) is 69.1 cm³/mol. The summed E-state index contributed by atoms with van der Waals surface area (Å²) in [6.45, 7) is 2.19. The van der Waals surface area contributed by atoms with Crippen molar-refractivity contribution in [2.75, 3.05) is 6.54 Å². The first-order valence-electron chi connectivity index (χ1n) is 6.02. The number of fused-ring (bicyclic) bond motifs is 1. The van der Waals surface area contributed by atoms with E-state index in [1.165, 1.54) is 17.5 Å².